The average molecular weight is 331 g/mol. The summed E-state index contributed by atoms with van der Waals surface area (Å²) < 4.78 is 19.1. The molecule has 1 unspecified atom stereocenters. The van der Waals surface area contributed by atoms with Crippen molar-refractivity contribution in [2.45, 2.75) is 19.6 Å². The quantitative estimate of drug-likeness (QED) is 0.910. The molecule has 2 aromatic carbocycles. The fourth-order valence-electron chi connectivity index (χ4n) is 2.31. The first kappa shape index (κ1) is 17.5. The molecule has 0 aliphatic rings. The highest BCUT2D eigenvalue weighted by atomic mass is 19.1. The number of carbonyl (C=O) groups excluding carboxylic acids is 1. The van der Waals surface area contributed by atoms with Crippen LogP contribution in [0.5, 0.6) is 0 Å². The minimum absolute atomic E-state index is 0.00660. The van der Waals surface area contributed by atoms with E-state index < -0.39 is 23.9 Å². The summed E-state index contributed by atoms with van der Waals surface area (Å²) in [4.78, 5) is 24.6. The number of nitrogens with zero attached hydrogens (tertiary/aromatic N) is 1. The molecule has 1 atom stereocenters. The maximum absolute atomic E-state index is 14.0. The Morgan fingerprint density at radius 3 is 2.50 bits per heavy atom. The minimum atomic E-state index is -1.46. The SMILES string of the molecule is Cc1ccc(F)c(C(C(=O)O)N(C)C(=O)OCc2ccccc2)c1. The number of carbonyl (C=O) groups is 2. The van der Waals surface area contributed by atoms with Crippen LogP contribution in [0.3, 0.4) is 0 Å². The van der Waals surface area contributed by atoms with Gasteiger partial charge in [0.05, 0.1) is 0 Å². The first-order valence-corrected chi connectivity index (χ1v) is 7.32. The van der Waals surface area contributed by atoms with Crippen LogP contribution >= 0.6 is 0 Å². The number of aliphatic carboxylic acids is 1. The second-order valence-electron chi connectivity index (χ2n) is 5.42. The van der Waals surface area contributed by atoms with E-state index in [1.165, 1.54) is 25.2 Å². The summed E-state index contributed by atoms with van der Waals surface area (Å²) in [6.07, 6.45) is -0.841. The first-order chi connectivity index (χ1) is 11.4. The van der Waals surface area contributed by atoms with E-state index in [-0.39, 0.29) is 12.2 Å². The van der Waals surface area contributed by atoms with Crippen LogP contribution in [0, 0.1) is 12.7 Å². The molecule has 0 aliphatic heterocycles. The number of halogens is 1. The normalized spacial score (nSPS) is 11.6. The largest absolute Gasteiger partial charge is 0.479 e. The molecule has 0 radical (unpaired) electrons. The topological polar surface area (TPSA) is 66.8 Å². The van der Waals surface area contributed by atoms with Gasteiger partial charge in [0.15, 0.2) is 6.04 Å². The second kappa shape index (κ2) is 7.59. The van der Waals surface area contributed by atoms with Crippen molar-refractivity contribution >= 4 is 12.1 Å². The predicted octanol–water partition coefficient (Wildman–Crippen LogP) is 3.53. The molecule has 2 rings (SSSR count). The van der Waals surface area contributed by atoms with Gasteiger partial charge in [-0.15, -0.1) is 0 Å². The Bertz CT molecular complexity index is 733. The number of hydrogen-bond acceptors (Lipinski definition) is 3. The molecule has 1 N–H and O–H groups in total. The van der Waals surface area contributed by atoms with Crippen LogP contribution in [0.4, 0.5) is 9.18 Å². The second-order valence-corrected chi connectivity index (χ2v) is 5.42. The van der Waals surface area contributed by atoms with Gasteiger partial charge in [-0.25, -0.2) is 14.0 Å². The van der Waals surface area contributed by atoms with E-state index in [2.05, 4.69) is 0 Å². The molecule has 1 amide bonds. The Labute approximate surface area is 139 Å². The highest BCUT2D eigenvalue weighted by molar-refractivity contribution is 5.81. The van der Waals surface area contributed by atoms with Gasteiger partial charge in [-0.05, 0) is 18.6 Å². The number of rotatable bonds is 5. The number of hydrogen-bond donors (Lipinski definition) is 1. The summed E-state index contributed by atoms with van der Waals surface area (Å²) in [6.45, 7) is 1.72. The highest BCUT2D eigenvalue weighted by Crippen LogP contribution is 2.24. The molecule has 0 bridgehead atoms. The van der Waals surface area contributed by atoms with Gasteiger partial charge < -0.3 is 9.84 Å². The fraction of sp³-hybridized carbons (Fsp3) is 0.222. The van der Waals surface area contributed by atoms with Gasteiger partial charge >= 0.3 is 12.1 Å². The van der Waals surface area contributed by atoms with Crippen molar-refractivity contribution in [1.29, 1.82) is 0 Å². The third-order valence-electron chi connectivity index (χ3n) is 3.56. The van der Waals surface area contributed by atoms with Gasteiger partial charge in [0, 0.05) is 12.6 Å². The summed E-state index contributed by atoms with van der Waals surface area (Å²) >= 11 is 0. The van der Waals surface area contributed by atoms with Gasteiger partial charge in [-0.1, -0.05) is 48.0 Å². The Morgan fingerprint density at radius 2 is 1.88 bits per heavy atom. The van der Waals surface area contributed by atoms with E-state index in [0.717, 1.165) is 10.5 Å². The summed E-state index contributed by atoms with van der Waals surface area (Å²) in [5.41, 5.74) is 1.39. The number of benzene rings is 2. The molecule has 0 fully saturated rings. The molecule has 2 aromatic rings. The van der Waals surface area contributed by atoms with Crippen molar-refractivity contribution in [2.24, 2.45) is 0 Å². The average Bonchev–Trinajstić information content (AvgIpc) is 2.56. The van der Waals surface area contributed by atoms with Crippen molar-refractivity contribution in [3.8, 4) is 0 Å². The number of amides is 1. The lowest BCUT2D eigenvalue weighted by Gasteiger charge is -2.25. The summed E-state index contributed by atoms with van der Waals surface area (Å²) in [6, 6.07) is 11.7. The minimum Gasteiger partial charge on any atom is -0.479 e. The Balaban J connectivity index is 2.16. The van der Waals surface area contributed by atoms with E-state index >= 15 is 0 Å². The van der Waals surface area contributed by atoms with Crippen LogP contribution < -0.4 is 0 Å². The van der Waals surface area contributed by atoms with Gasteiger partial charge in [0.1, 0.15) is 12.4 Å². The first-order valence-electron chi connectivity index (χ1n) is 7.32. The Morgan fingerprint density at radius 1 is 1.21 bits per heavy atom. The third kappa shape index (κ3) is 4.10. The van der Waals surface area contributed by atoms with Crippen LogP contribution in [-0.4, -0.2) is 29.1 Å². The molecule has 5 nitrogen and oxygen atoms in total. The van der Waals surface area contributed by atoms with Gasteiger partial charge in [-0.2, -0.15) is 0 Å². The standard InChI is InChI=1S/C18H18FNO4/c1-12-8-9-15(19)14(10-12)16(17(21)22)20(2)18(23)24-11-13-6-4-3-5-7-13/h3-10,16H,11H2,1-2H3,(H,21,22). The van der Waals surface area contributed by atoms with Crippen LogP contribution in [0.1, 0.15) is 22.7 Å². The van der Waals surface area contributed by atoms with Gasteiger partial charge in [0.2, 0.25) is 0 Å². The maximum Gasteiger partial charge on any atom is 0.410 e. The smallest absolute Gasteiger partial charge is 0.410 e. The van der Waals surface area contributed by atoms with Crippen molar-refractivity contribution in [3.63, 3.8) is 0 Å². The summed E-state index contributed by atoms with van der Waals surface area (Å²) in [7, 11) is 1.27. The van der Waals surface area contributed by atoms with E-state index in [1.54, 1.807) is 31.2 Å². The molecule has 0 aliphatic carbocycles. The van der Waals surface area contributed by atoms with Crippen LogP contribution in [0.25, 0.3) is 0 Å². The number of aryl methyl sites for hydroxylation is 1. The predicted molar refractivity (Wildman–Crippen MR) is 85.9 cm³/mol. The summed E-state index contributed by atoms with van der Waals surface area (Å²) in [5, 5.41) is 9.43. The van der Waals surface area contributed by atoms with Crippen LogP contribution in [-0.2, 0) is 16.1 Å². The van der Waals surface area contributed by atoms with Crippen LogP contribution in [0.2, 0.25) is 0 Å². The molecule has 126 valence electrons. The zero-order valence-electron chi connectivity index (χ0n) is 13.4. The molecular weight excluding hydrogens is 313 g/mol. The Kier molecular flexibility index (Phi) is 5.52. The number of carboxylic acid groups (broad SMARTS) is 1. The van der Waals surface area contributed by atoms with Gasteiger partial charge in [0.25, 0.3) is 0 Å². The number of likely N-dealkylation sites (N-methyl/N-ethyl adjacent to an activating group) is 1. The molecule has 0 saturated carbocycles. The molecule has 0 saturated heterocycles. The van der Waals surface area contributed by atoms with E-state index in [1.807, 2.05) is 6.07 Å². The highest BCUT2D eigenvalue weighted by Gasteiger charge is 2.31. The molecule has 0 spiro atoms. The van der Waals surface area contributed by atoms with Crippen LogP contribution in [0.15, 0.2) is 48.5 Å². The van der Waals surface area contributed by atoms with Crippen molar-refractivity contribution in [3.05, 3.63) is 71.0 Å². The van der Waals surface area contributed by atoms with Crippen molar-refractivity contribution in [2.75, 3.05) is 7.05 Å². The van der Waals surface area contributed by atoms with Crippen molar-refractivity contribution < 1.29 is 23.8 Å². The molecular formula is C18H18FNO4. The Hall–Kier alpha value is -2.89. The monoisotopic (exact) mass is 331 g/mol. The lowest BCUT2D eigenvalue weighted by atomic mass is 10.0. The number of carboxylic acids is 1. The molecule has 0 aromatic heterocycles. The van der Waals surface area contributed by atoms with E-state index in [4.69, 9.17) is 4.74 Å². The lowest BCUT2D eigenvalue weighted by molar-refractivity contribution is -0.142. The number of ether oxygens (including phenoxy) is 1. The van der Waals surface area contributed by atoms with E-state index in [0.29, 0.717) is 5.56 Å². The lowest BCUT2D eigenvalue weighted by Crippen LogP contribution is -2.36. The fourth-order valence-corrected chi connectivity index (χ4v) is 2.31. The summed E-state index contributed by atoms with van der Waals surface area (Å²) in [5.74, 6) is -2.02. The molecule has 6 heteroatoms. The molecule has 0 heterocycles. The molecule has 24 heavy (non-hydrogen) atoms. The van der Waals surface area contributed by atoms with E-state index in [9.17, 15) is 19.1 Å². The van der Waals surface area contributed by atoms with Crippen molar-refractivity contribution in [1.82, 2.24) is 4.90 Å². The zero-order valence-corrected chi connectivity index (χ0v) is 13.4. The van der Waals surface area contributed by atoms with Gasteiger partial charge in [-0.3, -0.25) is 4.90 Å². The maximum atomic E-state index is 14.0. The zero-order chi connectivity index (χ0) is 17.7. The third-order valence-corrected chi connectivity index (χ3v) is 3.56.